The number of nitrogens with zero attached hydrogens (tertiary/aromatic N) is 1. The van der Waals surface area contributed by atoms with Crippen LogP contribution in [0.15, 0.2) is 23.1 Å². The second-order valence-electron chi connectivity index (χ2n) is 4.23. The highest BCUT2D eigenvalue weighted by molar-refractivity contribution is 7.89. The van der Waals surface area contributed by atoms with Crippen molar-refractivity contribution in [1.82, 2.24) is 4.31 Å². The third kappa shape index (κ3) is 3.10. The lowest BCUT2D eigenvalue weighted by Gasteiger charge is -2.23. The van der Waals surface area contributed by atoms with Gasteiger partial charge < -0.3 is 5.11 Å². The van der Waals surface area contributed by atoms with Crippen LogP contribution in [-0.4, -0.2) is 36.9 Å². The fourth-order valence-corrected chi connectivity index (χ4v) is 2.97. The summed E-state index contributed by atoms with van der Waals surface area (Å²) in [6.07, 6.45) is 0.588. The number of carboxylic acids is 1. The molecule has 0 bridgehead atoms. The zero-order valence-corrected chi connectivity index (χ0v) is 11.7. The molecule has 1 unspecified atom stereocenters. The molecule has 106 valence electrons. The predicted molar refractivity (Wildman–Crippen MR) is 68.1 cm³/mol. The number of rotatable bonds is 5. The zero-order valence-electron chi connectivity index (χ0n) is 10.9. The average molecular weight is 289 g/mol. The van der Waals surface area contributed by atoms with Crippen molar-refractivity contribution in [1.29, 1.82) is 0 Å². The molecule has 1 aromatic carbocycles. The van der Waals surface area contributed by atoms with Crippen molar-refractivity contribution in [3.05, 3.63) is 29.6 Å². The molecule has 19 heavy (non-hydrogen) atoms. The van der Waals surface area contributed by atoms with Crippen LogP contribution in [0.25, 0.3) is 0 Å². The molecule has 0 fully saturated rings. The second-order valence-corrected chi connectivity index (χ2v) is 6.19. The first-order chi connectivity index (χ1) is 8.71. The van der Waals surface area contributed by atoms with Crippen molar-refractivity contribution in [2.24, 2.45) is 0 Å². The quantitative estimate of drug-likeness (QED) is 0.899. The number of carbonyl (C=O) groups is 1. The van der Waals surface area contributed by atoms with E-state index in [0.29, 0.717) is 12.5 Å². The minimum absolute atomic E-state index is 0.274. The molecule has 1 N–H and O–H groups in total. The van der Waals surface area contributed by atoms with Crippen LogP contribution in [-0.2, 0) is 10.0 Å². The summed E-state index contributed by atoms with van der Waals surface area (Å²) >= 11 is 0. The van der Waals surface area contributed by atoms with Crippen molar-refractivity contribution >= 4 is 16.0 Å². The molecule has 0 amide bonds. The van der Waals surface area contributed by atoms with Crippen LogP contribution in [0.5, 0.6) is 0 Å². The standard InChI is InChI=1S/C12H16FNO4S/c1-4-8(2)14(3)19(17,18)11-6-5-9(12(15)16)7-10(11)13/h5-8H,4H2,1-3H3,(H,15,16). The molecule has 0 aliphatic rings. The number of carboxylic acid groups (broad SMARTS) is 1. The maximum Gasteiger partial charge on any atom is 0.335 e. The highest BCUT2D eigenvalue weighted by Gasteiger charge is 2.27. The smallest absolute Gasteiger partial charge is 0.335 e. The molecule has 0 aromatic heterocycles. The zero-order chi connectivity index (χ0) is 14.8. The molecule has 1 aromatic rings. The van der Waals surface area contributed by atoms with Crippen LogP contribution in [0.1, 0.15) is 30.6 Å². The molecular weight excluding hydrogens is 273 g/mol. The first-order valence-electron chi connectivity index (χ1n) is 5.72. The molecule has 1 rings (SSSR count). The van der Waals surface area contributed by atoms with E-state index in [9.17, 15) is 17.6 Å². The first kappa shape index (κ1) is 15.6. The topological polar surface area (TPSA) is 74.7 Å². The average Bonchev–Trinajstić information content (AvgIpc) is 2.36. The van der Waals surface area contributed by atoms with Crippen LogP contribution < -0.4 is 0 Å². The Kier molecular flexibility index (Phi) is 4.65. The first-order valence-corrected chi connectivity index (χ1v) is 7.16. The summed E-state index contributed by atoms with van der Waals surface area (Å²) < 4.78 is 39.2. The van der Waals surface area contributed by atoms with Gasteiger partial charge in [-0.05, 0) is 31.5 Å². The molecule has 0 saturated carbocycles. The largest absolute Gasteiger partial charge is 0.478 e. The molecule has 7 heteroatoms. The molecule has 0 saturated heterocycles. The molecular formula is C12H16FNO4S. The summed E-state index contributed by atoms with van der Waals surface area (Å²) in [4.78, 5) is 10.2. The van der Waals surface area contributed by atoms with Gasteiger partial charge in [-0.1, -0.05) is 6.92 Å². The molecule has 0 radical (unpaired) electrons. The Morgan fingerprint density at radius 3 is 2.47 bits per heavy atom. The van der Waals surface area contributed by atoms with E-state index in [1.54, 1.807) is 6.92 Å². The van der Waals surface area contributed by atoms with Gasteiger partial charge in [0.1, 0.15) is 10.7 Å². The van der Waals surface area contributed by atoms with Gasteiger partial charge in [0, 0.05) is 13.1 Å². The van der Waals surface area contributed by atoms with E-state index in [1.807, 2.05) is 6.92 Å². The monoisotopic (exact) mass is 289 g/mol. The van der Waals surface area contributed by atoms with Crippen LogP contribution in [0.3, 0.4) is 0 Å². The van der Waals surface area contributed by atoms with Crippen molar-refractivity contribution in [3.8, 4) is 0 Å². The lowest BCUT2D eigenvalue weighted by Crippen LogP contribution is -2.35. The Morgan fingerprint density at radius 2 is 2.05 bits per heavy atom. The normalized spacial score (nSPS) is 13.5. The molecule has 0 aliphatic heterocycles. The number of halogens is 1. The van der Waals surface area contributed by atoms with Crippen molar-refractivity contribution in [3.63, 3.8) is 0 Å². The third-order valence-corrected chi connectivity index (χ3v) is 5.05. The second kappa shape index (κ2) is 5.66. The van der Waals surface area contributed by atoms with Gasteiger partial charge in [0.05, 0.1) is 5.56 Å². The van der Waals surface area contributed by atoms with Gasteiger partial charge in [-0.2, -0.15) is 4.31 Å². The Morgan fingerprint density at radius 1 is 1.47 bits per heavy atom. The molecule has 1 atom stereocenters. The van der Waals surface area contributed by atoms with E-state index in [2.05, 4.69) is 0 Å². The highest BCUT2D eigenvalue weighted by atomic mass is 32.2. The van der Waals surface area contributed by atoms with Crippen LogP contribution in [0.4, 0.5) is 4.39 Å². The maximum atomic E-state index is 13.8. The maximum absolute atomic E-state index is 13.8. The van der Waals surface area contributed by atoms with E-state index in [1.165, 1.54) is 7.05 Å². The minimum Gasteiger partial charge on any atom is -0.478 e. The molecule has 5 nitrogen and oxygen atoms in total. The summed E-state index contributed by atoms with van der Waals surface area (Å²) in [5, 5.41) is 8.71. The Balaban J connectivity index is 3.27. The van der Waals surface area contributed by atoms with E-state index in [4.69, 9.17) is 5.11 Å². The number of hydrogen-bond acceptors (Lipinski definition) is 3. The van der Waals surface area contributed by atoms with Crippen LogP contribution in [0.2, 0.25) is 0 Å². The van der Waals surface area contributed by atoms with E-state index < -0.39 is 26.7 Å². The summed E-state index contributed by atoms with van der Waals surface area (Å²) in [6.45, 7) is 3.53. The number of aromatic carboxylic acids is 1. The predicted octanol–water partition coefficient (Wildman–Crippen LogP) is 1.94. The van der Waals surface area contributed by atoms with Crippen molar-refractivity contribution in [2.45, 2.75) is 31.2 Å². The Bertz CT molecular complexity index is 585. The summed E-state index contributed by atoms with van der Waals surface area (Å²) in [7, 11) is -2.59. The van der Waals surface area contributed by atoms with Crippen LogP contribution >= 0.6 is 0 Å². The number of benzene rings is 1. The lowest BCUT2D eigenvalue weighted by atomic mass is 10.2. The van der Waals surface area contributed by atoms with Gasteiger partial charge in [0.25, 0.3) is 0 Å². The fraction of sp³-hybridized carbons (Fsp3) is 0.417. The Labute approximate surface area is 111 Å². The van der Waals surface area contributed by atoms with E-state index in [0.717, 1.165) is 16.4 Å². The SMILES string of the molecule is CCC(C)N(C)S(=O)(=O)c1ccc(C(=O)O)cc1F. The van der Waals surface area contributed by atoms with Gasteiger partial charge in [-0.3, -0.25) is 0 Å². The van der Waals surface area contributed by atoms with Gasteiger partial charge >= 0.3 is 5.97 Å². The molecule has 0 heterocycles. The van der Waals surface area contributed by atoms with Crippen molar-refractivity contribution < 1.29 is 22.7 Å². The fourth-order valence-electron chi connectivity index (χ4n) is 1.49. The molecule has 0 aliphatic carbocycles. The summed E-state index contributed by atoms with van der Waals surface area (Å²) in [6, 6.07) is 2.48. The third-order valence-electron chi connectivity index (χ3n) is 3.05. The van der Waals surface area contributed by atoms with Gasteiger partial charge in [0.2, 0.25) is 10.0 Å². The minimum atomic E-state index is -3.96. The Hall–Kier alpha value is -1.47. The molecule has 0 spiro atoms. The van der Waals surface area contributed by atoms with E-state index in [-0.39, 0.29) is 11.6 Å². The van der Waals surface area contributed by atoms with Crippen molar-refractivity contribution in [2.75, 3.05) is 7.05 Å². The lowest BCUT2D eigenvalue weighted by molar-refractivity contribution is 0.0696. The summed E-state index contributed by atoms with van der Waals surface area (Å²) in [5.41, 5.74) is -0.289. The summed E-state index contributed by atoms with van der Waals surface area (Å²) in [5.74, 6) is -2.37. The number of sulfonamides is 1. The van der Waals surface area contributed by atoms with E-state index >= 15 is 0 Å². The number of hydrogen-bond donors (Lipinski definition) is 1. The van der Waals surface area contributed by atoms with Crippen LogP contribution in [0, 0.1) is 5.82 Å². The van der Waals surface area contributed by atoms with Gasteiger partial charge in [-0.25, -0.2) is 17.6 Å². The van der Waals surface area contributed by atoms with Gasteiger partial charge in [-0.15, -0.1) is 0 Å². The van der Waals surface area contributed by atoms with Gasteiger partial charge in [0.15, 0.2) is 0 Å². The highest BCUT2D eigenvalue weighted by Crippen LogP contribution is 2.21.